The molecule has 0 aromatic carbocycles. The molecule has 0 aromatic heterocycles. The van der Waals surface area contributed by atoms with Crippen molar-refractivity contribution in [2.24, 2.45) is 5.92 Å². The zero-order valence-corrected chi connectivity index (χ0v) is 8.37. The Bertz CT molecular complexity index is 219. The number of likely N-dealkylation sites (tertiary alicyclic amines) is 1. The number of hydrogen-bond donors (Lipinski definition) is 0. The van der Waals surface area contributed by atoms with Crippen molar-refractivity contribution < 1.29 is 0 Å². The second kappa shape index (κ2) is 3.67. The van der Waals surface area contributed by atoms with Crippen LogP contribution in [0.25, 0.3) is 0 Å². The van der Waals surface area contributed by atoms with E-state index in [0.717, 1.165) is 18.5 Å². The maximum atomic E-state index is 8.89. The minimum atomic E-state index is 0.132. The van der Waals surface area contributed by atoms with Crippen LogP contribution in [0.5, 0.6) is 0 Å². The molecular weight excluding hydrogens is 160 g/mol. The molecule has 0 spiro atoms. The zero-order valence-electron chi connectivity index (χ0n) is 8.37. The van der Waals surface area contributed by atoms with E-state index in [0.29, 0.717) is 0 Å². The summed E-state index contributed by atoms with van der Waals surface area (Å²) in [6.07, 6.45) is 6.85. The first-order chi connectivity index (χ1) is 6.33. The molecule has 2 nitrogen and oxygen atoms in total. The summed E-state index contributed by atoms with van der Waals surface area (Å²) in [4.78, 5) is 2.42. The Kier molecular flexibility index (Phi) is 2.55. The number of hydrogen-bond acceptors (Lipinski definition) is 2. The predicted molar refractivity (Wildman–Crippen MR) is 52.1 cm³/mol. The van der Waals surface area contributed by atoms with E-state index in [1.807, 2.05) is 6.92 Å². The largest absolute Gasteiger partial charge is 0.285 e. The standard InChI is InChI=1S/C11H18N2/c1-9(8-12)13-7-6-10-4-2-3-5-11(10)13/h9-11H,2-7H2,1H3. The van der Waals surface area contributed by atoms with Crippen molar-refractivity contribution in [3.63, 3.8) is 0 Å². The highest BCUT2D eigenvalue weighted by atomic mass is 15.2. The Balaban J connectivity index is 2.03. The maximum absolute atomic E-state index is 8.89. The summed E-state index contributed by atoms with van der Waals surface area (Å²) in [5, 5.41) is 8.89. The van der Waals surface area contributed by atoms with Crippen LogP contribution in [0.2, 0.25) is 0 Å². The topological polar surface area (TPSA) is 27.0 Å². The molecule has 1 saturated carbocycles. The van der Waals surface area contributed by atoms with E-state index in [4.69, 9.17) is 5.26 Å². The van der Waals surface area contributed by atoms with E-state index in [1.165, 1.54) is 32.1 Å². The third kappa shape index (κ3) is 1.58. The lowest BCUT2D eigenvalue weighted by atomic mass is 9.85. The van der Waals surface area contributed by atoms with Gasteiger partial charge in [0.25, 0.3) is 0 Å². The average molecular weight is 178 g/mol. The maximum Gasteiger partial charge on any atom is 0.0951 e. The molecule has 2 rings (SSSR count). The first-order valence-corrected chi connectivity index (χ1v) is 5.48. The van der Waals surface area contributed by atoms with Crippen LogP contribution in [-0.4, -0.2) is 23.5 Å². The van der Waals surface area contributed by atoms with Crippen molar-refractivity contribution in [3.8, 4) is 6.07 Å². The van der Waals surface area contributed by atoms with Crippen molar-refractivity contribution >= 4 is 0 Å². The predicted octanol–water partition coefficient (Wildman–Crippen LogP) is 2.16. The van der Waals surface area contributed by atoms with Gasteiger partial charge < -0.3 is 0 Å². The fraction of sp³-hybridized carbons (Fsp3) is 0.909. The second-order valence-electron chi connectivity index (χ2n) is 4.44. The van der Waals surface area contributed by atoms with Gasteiger partial charge in [-0.25, -0.2) is 0 Å². The minimum Gasteiger partial charge on any atom is -0.285 e. The molecule has 0 aromatic rings. The van der Waals surface area contributed by atoms with Gasteiger partial charge in [-0.05, 0) is 32.1 Å². The Morgan fingerprint density at radius 3 is 2.85 bits per heavy atom. The number of rotatable bonds is 1. The van der Waals surface area contributed by atoms with Gasteiger partial charge in [0.05, 0.1) is 12.1 Å². The van der Waals surface area contributed by atoms with E-state index < -0.39 is 0 Å². The third-order valence-electron chi connectivity index (χ3n) is 3.74. The highest BCUT2D eigenvalue weighted by Gasteiger charge is 2.37. The van der Waals surface area contributed by atoms with Gasteiger partial charge in [0.2, 0.25) is 0 Å². The van der Waals surface area contributed by atoms with Gasteiger partial charge >= 0.3 is 0 Å². The molecule has 2 fully saturated rings. The van der Waals surface area contributed by atoms with Crippen LogP contribution in [0, 0.1) is 17.2 Å². The second-order valence-corrected chi connectivity index (χ2v) is 4.44. The SMILES string of the molecule is CC(C#N)N1CCC2CCCCC21. The highest BCUT2D eigenvalue weighted by Crippen LogP contribution is 2.36. The van der Waals surface area contributed by atoms with Crippen LogP contribution in [-0.2, 0) is 0 Å². The summed E-state index contributed by atoms with van der Waals surface area (Å²) in [5.41, 5.74) is 0. The van der Waals surface area contributed by atoms with Crippen molar-refractivity contribution in [3.05, 3.63) is 0 Å². The van der Waals surface area contributed by atoms with E-state index in [2.05, 4.69) is 11.0 Å². The molecule has 2 heteroatoms. The molecule has 0 bridgehead atoms. The molecule has 2 aliphatic rings. The van der Waals surface area contributed by atoms with Gasteiger partial charge in [-0.3, -0.25) is 4.90 Å². The van der Waals surface area contributed by atoms with Crippen molar-refractivity contribution in [1.82, 2.24) is 4.90 Å². The molecule has 0 radical (unpaired) electrons. The fourth-order valence-electron chi connectivity index (χ4n) is 3.00. The van der Waals surface area contributed by atoms with Crippen LogP contribution in [0.3, 0.4) is 0 Å². The molecule has 0 amide bonds. The van der Waals surface area contributed by atoms with Crippen molar-refractivity contribution in [1.29, 1.82) is 5.26 Å². The lowest BCUT2D eigenvalue weighted by Gasteiger charge is -2.32. The molecule has 72 valence electrons. The summed E-state index contributed by atoms with van der Waals surface area (Å²) in [6.45, 7) is 3.20. The first-order valence-electron chi connectivity index (χ1n) is 5.48. The quantitative estimate of drug-likeness (QED) is 0.615. The molecule has 1 aliphatic heterocycles. The number of nitrogens with zero attached hydrogens (tertiary/aromatic N) is 2. The normalized spacial score (nSPS) is 36.6. The van der Waals surface area contributed by atoms with Crippen LogP contribution < -0.4 is 0 Å². The molecule has 0 N–H and O–H groups in total. The van der Waals surface area contributed by atoms with Gasteiger partial charge in [-0.2, -0.15) is 5.26 Å². The number of nitriles is 1. The third-order valence-corrected chi connectivity index (χ3v) is 3.74. The lowest BCUT2D eigenvalue weighted by molar-refractivity contribution is 0.164. The van der Waals surface area contributed by atoms with Crippen LogP contribution >= 0.6 is 0 Å². The van der Waals surface area contributed by atoms with E-state index in [-0.39, 0.29) is 6.04 Å². The number of fused-ring (bicyclic) bond motifs is 1. The van der Waals surface area contributed by atoms with Crippen LogP contribution in [0.4, 0.5) is 0 Å². The molecule has 1 heterocycles. The van der Waals surface area contributed by atoms with Gasteiger partial charge in [0.1, 0.15) is 0 Å². The summed E-state index contributed by atoms with van der Waals surface area (Å²) in [7, 11) is 0. The highest BCUT2D eigenvalue weighted by molar-refractivity contribution is 4.98. The Labute approximate surface area is 80.5 Å². The Morgan fingerprint density at radius 1 is 1.31 bits per heavy atom. The molecular formula is C11H18N2. The summed E-state index contributed by atoms with van der Waals surface area (Å²) >= 11 is 0. The van der Waals surface area contributed by atoms with Gasteiger partial charge in [-0.1, -0.05) is 12.8 Å². The fourth-order valence-corrected chi connectivity index (χ4v) is 3.00. The van der Waals surface area contributed by atoms with E-state index in [1.54, 1.807) is 0 Å². The average Bonchev–Trinajstić information content (AvgIpc) is 2.60. The molecule has 13 heavy (non-hydrogen) atoms. The van der Waals surface area contributed by atoms with Crippen molar-refractivity contribution in [2.75, 3.05) is 6.54 Å². The molecule has 1 saturated heterocycles. The van der Waals surface area contributed by atoms with Gasteiger partial charge in [0, 0.05) is 12.6 Å². The summed E-state index contributed by atoms with van der Waals surface area (Å²) in [5.74, 6) is 0.907. The van der Waals surface area contributed by atoms with Crippen molar-refractivity contribution in [2.45, 2.75) is 51.1 Å². The van der Waals surface area contributed by atoms with E-state index >= 15 is 0 Å². The van der Waals surface area contributed by atoms with Gasteiger partial charge in [-0.15, -0.1) is 0 Å². The molecule has 1 aliphatic carbocycles. The van der Waals surface area contributed by atoms with Crippen LogP contribution in [0.1, 0.15) is 39.0 Å². The van der Waals surface area contributed by atoms with Gasteiger partial charge in [0.15, 0.2) is 0 Å². The molecule has 3 unspecified atom stereocenters. The monoisotopic (exact) mass is 178 g/mol. The van der Waals surface area contributed by atoms with Crippen LogP contribution in [0.15, 0.2) is 0 Å². The smallest absolute Gasteiger partial charge is 0.0951 e. The zero-order chi connectivity index (χ0) is 9.26. The Hall–Kier alpha value is -0.550. The van der Waals surface area contributed by atoms with E-state index in [9.17, 15) is 0 Å². The minimum absolute atomic E-state index is 0.132. The Morgan fingerprint density at radius 2 is 2.08 bits per heavy atom. The first kappa shape index (κ1) is 9.02. The lowest BCUT2D eigenvalue weighted by Crippen LogP contribution is -2.39. The summed E-state index contributed by atoms with van der Waals surface area (Å²) < 4.78 is 0. The molecule has 3 atom stereocenters. The summed E-state index contributed by atoms with van der Waals surface area (Å²) in [6, 6.07) is 3.24.